The van der Waals surface area contributed by atoms with Crippen LogP contribution in [-0.2, 0) is 22.3 Å². The third-order valence-corrected chi connectivity index (χ3v) is 5.78. The van der Waals surface area contributed by atoms with Gasteiger partial charge in [0, 0.05) is 17.3 Å². The van der Waals surface area contributed by atoms with Gasteiger partial charge in [-0.05, 0) is 64.2 Å². The van der Waals surface area contributed by atoms with Crippen molar-refractivity contribution in [3.63, 3.8) is 0 Å². The summed E-state index contributed by atoms with van der Waals surface area (Å²) >= 11 is 9.86. The van der Waals surface area contributed by atoms with Crippen LogP contribution in [0.1, 0.15) is 44.4 Å². The highest BCUT2D eigenvalue weighted by Gasteiger charge is 2.33. The van der Waals surface area contributed by atoms with Gasteiger partial charge in [-0.2, -0.15) is 13.2 Å². The summed E-state index contributed by atoms with van der Waals surface area (Å²) in [5.74, 6) is 0. The van der Waals surface area contributed by atoms with E-state index in [9.17, 15) is 17.7 Å². The third-order valence-electron chi connectivity index (χ3n) is 3.80. The fourth-order valence-corrected chi connectivity index (χ4v) is 3.51. The highest BCUT2D eigenvalue weighted by Crippen LogP contribution is 2.38. The molecule has 0 amide bonds. The van der Waals surface area contributed by atoms with E-state index in [0.717, 1.165) is 18.3 Å². The standard InChI is InChI=1S/C20H20ClF3N2O2S2/c1-5-28-18(29)14-7-6-8-25-17(14)16-12(11-26-30(27)19(2,3)4)9-13(10-15(16)21)20(22,23)24/h6-11H,5H2,1-4H3. The van der Waals surface area contributed by atoms with Crippen molar-refractivity contribution in [1.29, 1.82) is 0 Å². The van der Waals surface area contributed by atoms with Crippen molar-refractivity contribution >= 4 is 46.4 Å². The Bertz CT molecular complexity index is 960. The SMILES string of the molecule is CCOC(=S)c1cccnc1-c1c(Cl)cc(C(F)(F)F)cc1C=N[S+]([O-])C(C)(C)C. The summed E-state index contributed by atoms with van der Waals surface area (Å²) in [4.78, 5) is 4.27. The number of hydrogen-bond donors (Lipinski definition) is 0. The van der Waals surface area contributed by atoms with Gasteiger partial charge in [-0.1, -0.05) is 16.0 Å². The van der Waals surface area contributed by atoms with Crippen LogP contribution in [0.15, 0.2) is 34.9 Å². The number of aromatic nitrogens is 1. The Kier molecular flexibility index (Phi) is 7.90. The molecule has 162 valence electrons. The van der Waals surface area contributed by atoms with E-state index in [0.29, 0.717) is 12.2 Å². The number of rotatable bonds is 5. The molecular weight excluding hydrogens is 457 g/mol. The minimum absolute atomic E-state index is 0.0201. The van der Waals surface area contributed by atoms with Crippen molar-refractivity contribution < 1.29 is 22.5 Å². The van der Waals surface area contributed by atoms with Crippen LogP contribution in [-0.4, -0.2) is 32.2 Å². The fourth-order valence-electron chi connectivity index (χ4n) is 2.38. The zero-order valence-electron chi connectivity index (χ0n) is 16.7. The summed E-state index contributed by atoms with van der Waals surface area (Å²) in [5.41, 5.74) is -0.0898. The molecule has 4 nitrogen and oxygen atoms in total. The van der Waals surface area contributed by atoms with Crippen molar-refractivity contribution in [1.82, 2.24) is 4.98 Å². The summed E-state index contributed by atoms with van der Waals surface area (Å²) < 4.78 is 61.0. The largest absolute Gasteiger partial charge is 0.591 e. The molecule has 0 aliphatic rings. The van der Waals surface area contributed by atoms with Gasteiger partial charge in [0.15, 0.2) is 5.05 Å². The third kappa shape index (κ3) is 5.94. The van der Waals surface area contributed by atoms with Crippen LogP contribution in [0.4, 0.5) is 13.2 Å². The van der Waals surface area contributed by atoms with Crippen LogP contribution < -0.4 is 0 Å². The number of ether oxygens (including phenoxy) is 1. The van der Waals surface area contributed by atoms with Gasteiger partial charge in [0.1, 0.15) is 16.1 Å². The first-order chi connectivity index (χ1) is 13.9. The monoisotopic (exact) mass is 476 g/mol. The minimum Gasteiger partial charge on any atom is -0.591 e. The molecule has 1 heterocycles. The molecule has 0 saturated heterocycles. The molecule has 0 aliphatic heterocycles. The normalized spacial score (nSPS) is 13.5. The lowest BCUT2D eigenvalue weighted by molar-refractivity contribution is -0.137. The Morgan fingerprint density at radius 1 is 1.33 bits per heavy atom. The van der Waals surface area contributed by atoms with Crippen molar-refractivity contribution in [2.45, 2.75) is 38.6 Å². The Morgan fingerprint density at radius 2 is 2.00 bits per heavy atom. The molecular formula is C20H20ClF3N2O2S2. The first-order valence-corrected chi connectivity index (χ1v) is 10.7. The Labute approximate surface area is 186 Å². The summed E-state index contributed by atoms with van der Waals surface area (Å²) in [6.07, 6.45) is -2.03. The Hall–Kier alpha value is -1.68. The predicted octanol–water partition coefficient (Wildman–Crippen LogP) is 6.01. The number of thiocarbonyl (C=S) groups is 1. The highest BCUT2D eigenvalue weighted by molar-refractivity contribution is 7.91. The maximum Gasteiger partial charge on any atom is 0.416 e. The molecule has 1 atom stereocenters. The van der Waals surface area contributed by atoms with E-state index in [2.05, 4.69) is 9.38 Å². The number of alkyl halides is 3. The van der Waals surface area contributed by atoms with Gasteiger partial charge >= 0.3 is 6.18 Å². The van der Waals surface area contributed by atoms with Crippen LogP contribution in [0, 0.1) is 0 Å². The first-order valence-electron chi connectivity index (χ1n) is 8.85. The lowest BCUT2D eigenvalue weighted by Gasteiger charge is -2.19. The zero-order valence-corrected chi connectivity index (χ0v) is 19.1. The lowest BCUT2D eigenvalue weighted by Crippen LogP contribution is -2.25. The van der Waals surface area contributed by atoms with E-state index in [1.54, 1.807) is 39.8 Å². The molecule has 1 aromatic carbocycles. The number of nitrogens with zero attached hydrogens (tertiary/aromatic N) is 2. The molecule has 0 fully saturated rings. The number of hydrogen-bond acceptors (Lipinski definition) is 5. The second kappa shape index (κ2) is 9.64. The molecule has 0 spiro atoms. The van der Waals surface area contributed by atoms with Crippen LogP contribution in [0.2, 0.25) is 5.02 Å². The van der Waals surface area contributed by atoms with Gasteiger partial charge in [0.25, 0.3) is 0 Å². The van der Waals surface area contributed by atoms with E-state index in [1.165, 1.54) is 6.20 Å². The molecule has 1 unspecified atom stereocenters. The lowest BCUT2D eigenvalue weighted by atomic mass is 9.98. The minimum atomic E-state index is -4.62. The number of benzene rings is 1. The zero-order chi connectivity index (χ0) is 22.7. The van der Waals surface area contributed by atoms with Crippen LogP contribution in [0.3, 0.4) is 0 Å². The van der Waals surface area contributed by atoms with Crippen LogP contribution in [0.5, 0.6) is 0 Å². The Morgan fingerprint density at radius 3 is 2.57 bits per heavy atom. The average Bonchev–Trinajstić information content (AvgIpc) is 2.64. The van der Waals surface area contributed by atoms with Gasteiger partial charge in [0.2, 0.25) is 0 Å². The second-order valence-electron chi connectivity index (χ2n) is 7.14. The van der Waals surface area contributed by atoms with Crippen molar-refractivity contribution in [3.05, 3.63) is 52.2 Å². The summed E-state index contributed by atoms with van der Waals surface area (Å²) in [6.45, 7) is 7.19. The van der Waals surface area contributed by atoms with Gasteiger partial charge < -0.3 is 9.29 Å². The van der Waals surface area contributed by atoms with E-state index < -0.39 is 27.8 Å². The van der Waals surface area contributed by atoms with Crippen molar-refractivity contribution in [3.8, 4) is 11.3 Å². The van der Waals surface area contributed by atoms with Gasteiger partial charge in [-0.15, -0.1) is 0 Å². The molecule has 1 aromatic heterocycles. The molecule has 2 aromatic rings. The maximum atomic E-state index is 13.4. The van der Waals surface area contributed by atoms with E-state index >= 15 is 0 Å². The molecule has 0 bridgehead atoms. The van der Waals surface area contributed by atoms with Crippen molar-refractivity contribution in [2.75, 3.05) is 6.61 Å². The average molecular weight is 477 g/mol. The maximum absolute atomic E-state index is 13.4. The van der Waals surface area contributed by atoms with Gasteiger partial charge in [-0.25, -0.2) is 0 Å². The quantitative estimate of drug-likeness (QED) is 0.301. The summed E-state index contributed by atoms with van der Waals surface area (Å²) in [7, 11) is 0. The number of pyridine rings is 1. The number of halogens is 4. The van der Waals surface area contributed by atoms with E-state index in [-0.39, 0.29) is 26.9 Å². The summed E-state index contributed by atoms with van der Waals surface area (Å²) in [5, 5.41) is -0.0511. The van der Waals surface area contributed by atoms with Crippen molar-refractivity contribution in [2.24, 2.45) is 4.40 Å². The van der Waals surface area contributed by atoms with E-state index in [4.69, 9.17) is 28.6 Å². The Balaban J connectivity index is 2.74. The molecule has 0 saturated carbocycles. The smallest absolute Gasteiger partial charge is 0.416 e. The van der Waals surface area contributed by atoms with E-state index in [1.807, 2.05) is 0 Å². The predicted molar refractivity (Wildman–Crippen MR) is 119 cm³/mol. The van der Waals surface area contributed by atoms with Crippen LogP contribution >= 0.6 is 23.8 Å². The first kappa shape index (κ1) is 24.6. The van der Waals surface area contributed by atoms with Gasteiger partial charge in [-0.3, -0.25) is 4.98 Å². The topological polar surface area (TPSA) is 57.5 Å². The fraction of sp³-hybridized carbons (Fsp3) is 0.350. The molecule has 2 rings (SSSR count). The van der Waals surface area contributed by atoms with Gasteiger partial charge in [0.05, 0.1) is 34.7 Å². The van der Waals surface area contributed by atoms with Crippen LogP contribution in [0.25, 0.3) is 11.3 Å². The molecule has 10 heteroatoms. The molecule has 30 heavy (non-hydrogen) atoms. The molecule has 0 radical (unpaired) electrons. The molecule has 0 aliphatic carbocycles. The molecule has 0 N–H and O–H groups in total. The second-order valence-corrected chi connectivity index (χ2v) is 9.85. The highest BCUT2D eigenvalue weighted by atomic mass is 35.5. The summed E-state index contributed by atoms with van der Waals surface area (Å²) in [6, 6.07) is 4.98.